The maximum absolute atomic E-state index is 10.6. The second-order valence-corrected chi connectivity index (χ2v) is 6.42. The highest BCUT2D eigenvalue weighted by molar-refractivity contribution is 5.30. The van der Waals surface area contributed by atoms with Gasteiger partial charge in [0.15, 0.2) is 0 Å². The summed E-state index contributed by atoms with van der Waals surface area (Å²) in [6.07, 6.45) is 2.60. The lowest BCUT2D eigenvalue weighted by molar-refractivity contribution is -0.105. The molecule has 1 atom stereocenters. The zero-order valence-corrected chi connectivity index (χ0v) is 12.7. The van der Waals surface area contributed by atoms with Crippen LogP contribution in [-0.4, -0.2) is 21.9 Å². The first kappa shape index (κ1) is 15.3. The molecule has 1 fully saturated rings. The van der Waals surface area contributed by atoms with Gasteiger partial charge >= 0.3 is 0 Å². The van der Waals surface area contributed by atoms with Crippen LogP contribution in [0.25, 0.3) is 0 Å². The minimum Gasteiger partial charge on any atom is -0.491 e. The summed E-state index contributed by atoms with van der Waals surface area (Å²) in [6.45, 7) is 6.16. The number of aliphatic hydroxyl groups is 2. The lowest BCUT2D eigenvalue weighted by Crippen LogP contribution is -2.39. The Kier molecular flexibility index (Phi) is 4.71. The van der Waals surface area contributed by atoms with Crippen LogP contribution in [0.4, 0.5) is 0 Å². The van der Waals surface area contributed by atoms with Crippen LogP contribution in [0, 0.1) is 5.92 Å². The minimum atomic E-state index is -0.979. The summed E-state index contributed by atoms with van der Waals surface area (Å²) in [5, 5.41) is 21.1. The molecule has 1 aromatic rings. The van der Waals surface area contributed by atoms with Gasteiger partial charge in [0.05, 0.1) is 11.7 Å². The van der Waals surface area contributed by atoms with E-state index in [9.17, 15) is 10.2 Å². The summed E-state index contributed by atoms with van der Waals surface area (Å²) in [4.78, 5) is 0. The summed E-state index contributed by atoms with van der Waals surface area (Å²) < 4.78 is 5.59. The predicted molar refractivity (Wildman–Crippen MR) is 79.7 cm³/mol. The Balaban J connectivity index is 2.06. The van der Waals surface area contributed by atoms with Crippen molar-refractivity contribution in [2.75, 3.05) is 0 Å². The van der Waals surface area contributed by atoms with Crippen molar-refractivity contribution in [3.05, 3.63) is 29.8 Å². The van der Waals surface area contributed by atoms with Crippen molar-refractivity contribution in [3.8, 4) is 5.75 Å². The smallest absolute Gasteiger partial charge is 0.119 e. The number of aliphatic hydroxyl groups excluding tert-OH is 1. The first-order chi connectivity index (χ1) is 9.40. The molecule has 2 rings (SSSR count). The molecule has 0 aromatic heterocycles. The van der Waals surface area contributed by atoms with Crippen molar-refractivity contribution in [2.24, 2.45) is 5.92 Å². The van der Waals surface area contributed by atoms with Crippen LogP contribution >= 0.6 is 0 Å². The Hall–Kier alpha value is -1.06. The van der Waals surface area contributed by atoms with Crippen LogP contribution in [0.3, 0.4) is 0 Å². The molecule has 1 aliphatic carbocycles. The molecule has 0 saturated heterocycles. The van der Waals surface area contributed by atoms with E-state index in [1.165, 1.54) is 0 Å². The first-order valence-corrected chi connectivity index (χ1v) is 7.58. The molecular formula is C17H26O3. The van der Waals surface area contributed by atoms with Gasteiger partial charge in [0.25, 0.3) is 0 Å². The van der Waals surface area contributed by atoms with Crippen molar-refractivity contribution < 1.29 is 14.9 Å². The average molecular weight is 278 g/mol. The molecule has 2 N–H and O–H groups in total. The Morgan fingerprint density at radius 1 is 1.15 bits per heavy atom. The molecule has 112 valence electrons. The van der Waals surface area contributed by atoms with Crippen LogP contribution in [-0.2, 0) is 0 Å². The highest BCUT2D eigenvalue weighted by Crippen LogP contribution is 2.40. The molecule has 0 amide bonds. The zero-order chi connectivity index (χ0) is 14.8. The van der Waals surface area contributed by atoms with E-state index in [0.29, 0.717) is 18.8 Å². The Labute approximate surface area is 121 Å². The lowest BCUT2D eigenvalue weighted by atomic mass is 9.75. The van der Waals surface area contributed by atoms with Crippen molar-refractivity contribution in [1.29, 1.82) is 0 Å². The van der Waals surface area contributed by atoms with Crippen molar-refractivity contribution in [2.45, 2.75) is 64.3 Å². The molecule has 0 bridgehead atoms. The van der Waals surface area contributed by atoms with Gasteiger partial charge in [-0.05, 0) is 63.1 Å². The van der Waals surface area contributed by atoms with Gasteiger partial charge in [0.2, 0.25) is 0 Å². The molecule has 1 aliphatic rings. The number of ether oxygens (including phenoxy) is 1. The fraction of sp³-hybridized carbons (Fsp3) is 0.647. The summed E-state index contributed by atoms with van der Waals surface area (Å²) >= 11 is 0. The van der Waals surface area contributed by atoms with Gasteiger partial charge in [0, 0.05) is 0 Å². The number of hydrogen-bond acceptors (Lipinski definition) is 3. The second kappa shape index (κ2) is 6.15. The highest BCUT2D eigenvalue weighted by atomic mass is 16.5. The van der Waals surface area contributed by atoms with Gasteiger partial charge in [0.1, 0.15) is 11.9 Å². The van der Waals surface area contributed by atoms with Gasteiger partial charge in [-0.2, -0.15) is 0 Å². The standard InChI is InChI=1S/C17H26O3/c1-12(2)20-15-6-4-14(5-7-15)16(18)17(19)10-8-13(3)9-11-17/h4-7,12-13,16,18-19H,8-11H2,1-3H3. The van der Waals surface area contributed by atoms with Crippen molar-refractivity contribution >= 4 is 0 Å². The van der Waals surface area contributed by atoms with E-state index in [1.807, 2.05) is 38.1 Å². The molecule has 20 heavy (non-hydrogen) atoms. The highest BCUT2D eigenvalue weighted by Gasteiger charge is 2.39. The summed E-state index contributed by atoms with van der Waals surface area (Å²) in [5.41, 5.74) is -0.217. The van der Waals surface area contributed by atoms with Crippen LogP contribution in [0.15, 0.2) is 24.3 Å². The van der Waals surface area contributed by atoms with Crippen LogP contribution in [0.5, 0.6) is 5.75 Å². The molecular weight excluding hydrogens is 252 g/mol. The second-order valence-electron chi connectivity index (χ2n) is 6.42. The van der Waals surface area contributed by atoms with E-state index >= 15 is 0 Å². The largest absolute Gasteiger partial charge is 0.491 e. The molecule has 0 aliphatic heterocycles. The van der Waals surface area contributed by atoms with E-state index < -0.39 is 11.7 Å². The molecule has 3 nitrogen and oxygen atoms in total. The third-order valence-electron chi connectivity index (χ3n) is 4.22. The minimum absolute atomic E-state index is 0.134. The SMILES string of the molecule is CC1CCC(O)(C(O)c2ccc(OC(C)C)cc2)CC1. The third-order valence-corrected chi connectivity index (χ3v) is 4.22. The number of hydrogen-bond donors (Lipinski definition) is 2. The van der Waals surface area contributed by atoms with E-state index in [2.05, 4.69) is 6.92 Å². The number of benzene rings is 1. The molecule has 1 aromatic carbocycles. The number of rotatable bonds is 4. The van der Waals surface area contributed by atoms with E-state index in [1.54, 1.807) is 0 Å². The maximum Gasteiger partial charge on any atom is 0.119 e. The van der Waals surface area contributed by atoms with Gasteiger partial charge in [-0.15, -0.1) is 0 Å². The summed E-state index contributed by atoms with van der Waals surface area (Å²) in [5.74, 6) is 1.43. The normalized spacial score (nSPS) is 28.4. The van der Waals surface area contributed by atoms with Crippen molar-refractivity contribution in [3.63, 3.8) is 0 Å². The molecule has 1 saturated carbocycles. The quantitative estimate of drug-likeness (QED) is 0.887. The third kappa shape index (κ3) is 3.53. The van der Waals surface area contributed by atoms with Crippen LogP contribution < -0.4 is 4.74 Å². The molecule has 0 heterocycles. The summed E-state index contributed by atoms with van der Waals surface area (Å²) in [6, 6.07) is 7.40. The van der Waals surface area contributed by atoms with E-state index in [4.69, 9.17) is 4.74 Å². The molecule has 3 heteroatoms. The first-order valence-electron chi connectivity index (χ1n) is 7.58. The maximum atomic E-state index is 10.6. The summed E-state index contributed by atoms with van der Waals surface area (Å²) in [7, 11) is 0. The van der Waals surface area contributed by atoms with Crippen molar-refractivity contribution in [1.82, 2.24) is 0 Å². The van der Waals surface area contributed by atoms with Gasteiger partial charge in [-0.25, -0.2) is 0 Å². The average Bonchev–Trinajstić information content (AvgIpc) is 2.42. The van der Waals surface area contributed by atoms with Crippen LogP contribution in [0.2, 0.25) is 0 Å². The van der Waals surface area contributed by atoms with E-state index in [-0.39, 0.29) is 6.10 Å². The fourth-order valence-electron chi connectivity index (χ4n) is 2.85. The molecule has 1 unspecified atom stereocenters. The zero-order valence-electron chi connectivity index (χ0n) is 12.7. The monoisotopic (exact) mass is 278 g/mol. The van der Waals surface area contributed by atoms with Gasteiger partial charge in [-0.3, -0.25) is 0 Å². The predicted octanol–water partition coefficient (Wildman–Crippen LogP) is 3.45. The fourth-order valence-corrected chi connectivity index (χ4v) is 2.85. The lowest BCUT2D eigenvalue weighted by Gasteiger charge is -2.38. The Bertz CT molecular complexity index is 416. The Morgan fingerprint density at radius 2 is 1.70 bits per heavy atom. The molecule has 0 spiro atoms. The van der Waals surface area contributed by atoms with Crippen LogP contribution in [0.1, 0.15) is 58.1 Å². The van der Waals surface area contributed by atoms with Gasteiger partial charge in [-0.1, -0.05) is 19.1 Å². The Morgan fingerprint density at radius 3 is 2.20 bits per heavy atom. The molecule has 0 radical (unpaired) electrons. The van der Waals surface area contributed by atoms with E-state index in [0.717, 1.165) is 24.2 Å². The topological polar surface area (TPSA) is 49.7 Å². The van der Waals surface area contributed by atoms with Gasteiger partial charge < -0.3 is 14.9 Å².